The molecule has 0 atom stereocenters. The average Bonchev–Trinajstić information content (AvgIpc) is 3.20. The maximum atomic E-state index is 12.5. The van der Waals surface area contributed by atoms with Crippen LogP contribution in [0.3, 0.4) is 0 Å². The summed E-state index contributed by atoms with van der Waals surface area (Å²) in [4.78, 5) is 17.0. The number of aromatic nitrogens is 1. The largest absolute Gasteiger partial charge is 0.481 e. The lowest BCUT2D eigenvalue weighted by molar-refractivity contribution is -0.118. The van der Waals surface area contributed by atoms with Gasteiger partial charge in [-0.3, -0.25) is 4.79 Å². The zero-order valence-corrected chi connectivity index (χ0v) is 19.8. The number of nitrogens with zero attached hydrogens (tertiary/aromatic N) is 1. The van der Waals surface area contributed by atoms with Crippen LogP contribution in [-0.2, 0) is 4.79 Å². The van der Waals surface area contributed by atoms with Crippen LogP contribution in [0.2, 0.25) is 15.1 Å². The third-order valence-corrected chi connectivity index (χ3v) is 6.48. The maximum absolute atomic E-state index is 12.5. The number of carbonyl (C=O) groups excluding carboxylic acids is 1. The van der Waals surface area contributed by atoms with Gasteiger partial charge < -0.3 is 14.5 Å². The number of aryl methyl sites for hydroxylation is 1. The molecule has 0 radical (unpaired) electrons. The first-order chi connectivity index (χ1) is 15.2. The van der Waals surface area contributed by atoms with Gasteiger partial charge in [0.1, 0.15) is 5.52 Å². The number of halogens is 3. The second-order valence-corrected chi connectivity index (χ2v) is 8.56. The van der Waals surface area contributed by atoms with E-state index in [1.807, 2.05) is 37.3 Å². The zero-order valence-electron chi connectivity index (χ0n) is 17.6. The molecule has 0 aliphatic carbocycles. The molecule has 8 heteroatoms. The molecule has 0 saturated heterocycles. The summed E-state index contributed by atoms with van der Waals surface area (Å²) in [5, 5.41) is 3.84. The predicted molar refractivity (Wildman–Crippen MR) is 129 cm³/mol. The van der Waals surface area contributed by atoms with Crippen molar-refractivity contribution in [1.29, 1.82) is 0 Å². The highest BCUT2D eigenvalue weighted by molar-refractivity contribution is 6.42. The molecule has 0 aliphatic heterocycles. The van der Waals surface area contributed by atoms with Crippen LogP contribution in [0.5, 0.6) is 5.75 Å². The van der Waals surface area contributed by atoms with Crippen LogP contribution in [0.15, 0.2) is 46.9 Å². The van der Waals surface area contributed by atoms with Crippen LogP contribution in [-0.4, -0.2) is 17.5 Å². The highest BCUT2D eigenvalue weighted by atomic mass is 35.5. The molecular weight excluding hydrogens is 471 g/mol. The number of amides is 1. The van der Waals surface area contributed by atoms with E-state index < -0.39 is 0 Å². The minimum Gasteiger partial charge on any atom is -0.481 e. The molecule has 0 bridgehead atoms. The molecule has 1 N–H and O–H groups in total. The fourth-order valence-corrected chi connectivity index (χ4v) is 4.08. The topological polar surface area (TPSA) is 64.4 Å². The molecule has 3 aromatic carbocycles. The molecule has 0 aliphatic rings. The van der Waals surface area contributed by atoms with Crippen molar-refractivity contribution in [3.63, 3.8) is 0 Å². The van der Waals surface area contributed by atoms with Crippen LogP contribution in [0.25, 0.3) is 22.6 Å². The first-order valence-corrected chi connectivity index (χ1v) is 10.9. The lowest BCUT2D eigenvalue weighted by atomic mass is 10.1. The number of oxazole rings is 1. The van der Waals surface area contributed by atoms with Gasteiger partial charge in [-0.1, -0.05) is 46.9 Å². The third-order valence-electron chi connectivity index (χ3n) is 5.00. The number of anilines is 1. The Kier molecular flexibility index (Phi) is 6.33. The molecule has 32 heavy (non-hydrogen) atoms. The Hall–Kier alpha value is -2.73. The summed E-state index contributed by atoms with van der Waals surface area (Å²) in [6.07, 6.45) is 0. The van der Waals surface area contributed by atoms with Crippen molar-refractivity contribution in [3.05, 3.63) is 74.2 Å². The van der Waals surface area contributed by atoms with Gasteiger partial charge in [-0.2, -0.15) is 0 Å². The summed E-state index contributed by atoms with van der Waals surface area (Å²) in [7, 11) is 0. The molecule has 0 spiro atoms. The Balaban J connectivity index is 1.49. The standard InChI is InChI=1S/C24H19Cl3N2O3/c1-12-7-8-17-18(9-12)32-24(29-17)15-5-4-6-16(10-15)28-19(30)11-31-23-21(26)13(2)20(25)14(3)22(23)27/h4-10H,11H2,1-3H3,(H,28,30). The van der Waals surface area contributed by atoms with Crippen LogP contribution >= 0.6 is 34.8 Å². The molecule has 0 unspecified atom stereocenters. The van der Waals surface area contributed by atoms with Crippen LogP contribution in [0.4, 0.5) is 5.69 Å². The van der Waals surface area contributed by atoms with Gasteiger partial charge in [-0.05, 0) is 67.8 Å². The summed E-state index contributed by atoms with van der Waals surface area (Å²) in [5.74, 6) is 0.342. The van der Waals surface area contributed by atoms with E-state index in [1.165, 1.54) is 0 Å². The minimum absolute atomic E-state index is 0.235. The van der Waals surface area contributed by atoms with Crippen molar-refractivity contribution in [2.45, 2.75) is 20.8 Å². The van der Waals surface area contributed by atoms with Crippen molar-refractivity contribution >= 4 is 57.5 Å². The van der Waals surface area contributed by atoms with E-state index in [1.54, 1.807) is 26.0 Å². The first kappa shape index (κ1) is 22.5. The van der Waals surface area contributed by atoms with Gasteiger partial charge in [0.15, 0.2) is 17.9 Å². The van der Waals surface area contributed by atoms with E-state index >= 15 is 0 Å². The van der Waals surface area contributed by atoms with Crippen LogP contribution in [0, 0.1) is 20.8 Å². The minimum atomic E-state index is -0.368. The van der Waals surface area contributed by atoms with Gasteiger partial charge in [-0.15, -0.1) is 0 Å². The molecule has 4 rings (SSSR count). The number of rotatable bonds is 5. The number of hydrogen-bond acceptors (Lipinski definition) is 4. The fourth-order valence-electron chi connectivity index (χ4n) is 3.26. The quantitative estimate of drug-likeness (QED) is 0.317. The number of hydrogen-bond donors (Lipinski definition) is 1. The Morgan fingerprint density at radius 3 is 2.44 bits per heavy atom. The summed E-state index contributed by atoms with van der Waals surface area (Å²) in [6, 6.07) is 13.1. The summed E-state index contributed by atoms with van der Waals surface area (Å²) < 4.78 is 11.5. The monoisotopic (exact) mass is 488 g/mol. The summed E-state index contributed by atoms with van der Waals surface area (Å²) in [5.41, 5.74) is 5.19. The van der Waals surface area contributed by atoms with E-state index in [2.05, 4.69) is 10.3 Å². The van der Waals surface area contributed by atoms with Crippen molar-refractivity contribution in [3.8, 4) is 17.2 Å². The van der Waals surface area contributed by atoms with Gasteiger partial charge in [0, 0.05) is 16.3 Å². The van der Waals surface area contributed by atoms with E-state index in [0.717, 1.165) is 16.6 Å². The average molecular weight is 490 g/mol. The smallest absolute Gasteiger partial charge is 0.262 e. The van der Waals surface area contributed by atoms with Crippen LogP contribution < -0.4 is 10.1 Å². The number of fused-ring (bicyclic) bond motifs is 1. The zero-order chi connectivity index (χ0) is 23.0. The lowest BCUT2D eigenvalue weighted by Gasteiger charge is -2.15. The van der Waals surface area contributed by atoms with Crippen molar-refractivity contribution < 1.29 is 13.9 Å². The predicted octanol–water partition coefficient (Wildman–Crippen LogP) is 7.40. The van der Waals surface area contributed by atoms with Gasteiger partial charge in [-0.25, -0.2) is 4.98 Å². The normalized spacial score (nSPS) is 11.1. The molecule has 164 valence electrons. The second-order valence-electron chi connectivity index (χ2n) is 7.43. The Morgan fingerprint density at radius 2 is 1.72 bits per heavy atom. The maximum Gasteiger partial charge on any atom is 0.262 e. The first-order valence-electron chi connectivity index (χ1n) is 9.78. The van der Waals surface area contributed by atoms with E-state index in [0.29, 0.717) is 33.3 Å². The van der Waals surface area contributed by atoms with Gasteiger partial charge in [0.05, 0.1) is 10.0 Å². The van der Waals surface area contributed by atoms with Crippen molar-refractivity contribution in [2.24, 2.45) is 0 Å². The number of benzene rings is 3. The molecule has 1 amide bonds. The Morgan fingerprint density at radius 1 is 1.00 bits per heavy atom. The van der Waals surface area contributed by atoms with E-state index in [4.69, 9.17) is 44.0 Å². The van der Waals surface area contributed by atoms with Crippen molar-refractivity contribution in [2.75, 3.05) is 11.9 Å². The van der Waals surface area contributed by atoms with Gasteiger partial charge >= 0.3 is 0 Å². The van der Waals surface area contributed by atoms with Gasteiger partial charge in [0.25, 0.3) is 5.91 Å². The molecule has 1 heterocycles. The molecular formula is C24H19Cl3N2O3. The van der Waals surface area contributed by atoms with Crippen LogP contribution in [0.1, 0.15) is 16.7 Å². The van der Waals surface area contributed by atoms with Gasteiger partial charge in [0.2, 0.25) is 5.89 Å². The Labute approximate surface area is 200 Å². The Bertz CT molecular complexity index is 1320. The fraction of sp³-hybridized carbons (Fsp3) is 0.167. The highest BCUT2D eigenvalue weighted by Crippen LogP contribution is 2.42. The van der Waals surface area contributed by atoms with E-state index in [9.17, 15) is 4.79 Å². The summed E-state index contributed by atoms with van der Waals surface area (Å²) in [6.45, 7) is 5.25. The molecule has 0 saturated carbocycles. The number of nitrogens with one attached hydrogen (secondary N) is 1. The second kappa shape index (κ2) is 9.02. The lowest BCUT2D eigenvalue weighted by Crippen LogP contribution is -2.20. The summed E-state index contributed by atoms with van der Waals surface area (Å²) >= 11 is 18.8. The molecule has 0 fully saturated rings. The highest BCUT2D eigenvalue weighted by Gasteiger charge is 2.19. The molecule has 4 aromatic rings. The molecule has 5 nitrogen and oxygen atoms in total. The SMILES string of the molecule is Cc1ccc2nc(-c3cccc(NC(=O)COc4c(Cl)c(C)c(Cl)c(C)c4Cl)c3)oc2c1. The number of carbonyl (C=O) groups is 1. The van der Waals surface area contributed by atoms with Crippen molar-refractivity contribution in [1.82, 2.24) is 4.98 Å². The third kappa shape index (κ3) is 4.42. The molecule has 1 aromatic heterocycles. The van der Waals surface area contributed by atoms with E-state index in [-0.39, 0.29) is 28.3 Å². The number of ether oxygens (including phenoxy) is 1.